The minimum atomic E-state index is -1.19. The first-order valence-electron chi connectivity index (χ1n) is 20.2. The Bertz CT molecular complexity index is 2460. The van der Waals surface area contributed by atoms with Gasteiger partial charge < -0.3 is 24.8 Å². The number of aliphatic imine (C=N–C) groups is 1. The standard InChI is InChI=1S/C47H47ClN6O5S/c1-29(30-11-6-4-7-12-30)45(55)53-24-10-15-40(53)44-49-27-39(51-44)34-22-18-32(19-23-34)31-16-20-33(21-17-31)37-26-38(50-43(37)48)41-25-36(60(3)58)28-54(41)46(56)42(52-47(57)59-2)35-13-8-5-9-14-35/h4-9,11-14,16-23,27,29,36,40-42H,10,15,24-26,28H2,1-3H3,(H,49,51)(H,52,57)/t29-,36-,40-,41-,42-,60?/m0/s1. The van der Waals surface area contributed by atoms with Crippen LogP contribution >= 0.6 is 11.6 Å². The fourth-order valence-corrected chi connectivity index (χ4v) is 9.69. The van der Waals surface area contributed by atoms with Crippen LogP contribution in [0.1, 0.15) is 73.1 Å². The summed E-state index contributed by atoms with van der Waals surface area (Å²) >= 11 is 6.82. The molecule has 308 valence electrons. The SMILES string of the molecule is COC(=O)N[C@H](C(=O)N1C[C@@H](S(C)=O)C[C@H]1C1=NC(Cl)=C(c2ccc(-c3ccc(-c4cnc([C@@H]5CCCN5C(=O)[C@@H](C)c5ccccc5)[nH]4)cc3)cc2)C1)c1ccccc1. The second kappa shape index (κ2) is 17.8. The first kappa shape index (κ1) is 40.9. The summed E-state index contributed by atoms with van der Waals surface area (Å²) in [5.41, 5.74) is 8.09. The lowest BCUT2D eigenvalue weighted by molar-refractivity contribution is -0.134. The lowest BCUT2D eigenvalue weighted by Crippen LogP contribution is -2.47. The number of aromatic nitrogens is 2. The highest BCUT2D eigenvalue weighted by atomic mass is 35.5. The summed E-state index contributed by atoms with van der Waals surface area (Å²) in [6.07, 6.45) is 5.47. The molecule has 0 saturated carbocycles. The number of ether oxygens (including phenoxy) is 1. The third kappa shape index (κ3) is 8.44. The highest BCUT2D eigenvalue weighted by molar-refractivity contribution is 7.84. The van der Waals surface area contributed by atoms with Crippen LogP contribution in [-0.2, 0) is 25.1 Å². The Balaban J connectivity index is 0.936. The fraction of sp³-hybridized carbons (Fsp3) is 0.298. The van der Waals surface area contributed by atoms with Gasteiger partial charge in [-0.15, -0.1) is 0 Å². The topological polar surface area (TPSA) is 137 Å². The fourth-order valence-electron chi connectivity index (χ4n) is 8.58. The number of nitrogens with one attached hydrogen (secondary N) is 2. The number of aromatic amines is 1. The van der Waals surface area contributed by atoms with Crippen molar-refractivity contribution in [3.05, 3.63) is 143 Å². The second-order valence-corrected chi connectivity index (χ2v) is 17.6. The van der Waals surface area contributed by atoms with Crippen LogP contribution in [-0.4, -0.2) is 85.3 Å². The Hall–Kier alpha value is -5.85. The molecule has 5 aromatic rings. The molecule has 1 aromatic heterocycles. The third-order valence-electron chi connectivity index (χ3n) is 12.0. The van der Waals surface area contributed by atoms with Crippen molar-refractivity contribution in [2.24, 2.45) is 4.99 Å². The molecule has 6 atom stereocenters. The quantitative estimate of drug-likeness (QED) is 0.128. The van der Waals surface area contributed by atoms with E-state index in [2.05, 4.69) is 46.7 Å². The van der Waals surface area contributed by atoms with Gasteiger partial charge >= 0.3 is 6.09 Å². The molecular formula is C47H47ClN6O5S. The van der Waals surface area contributed by atoms with Crippen LogP contribution in [0.2, 0.25) is 0 Å². The maximum absolute atomic E-state index is 14.2. The van der Waals surface area contributed by atoms with Crippen molar-refractivity contribution in [2.45, 2.75) is 61.9 Å². The molecule has 1 unspecified atom stereocenters. The van der Waals surface area contributed by atoms with Gasteiger partial charge in [0.2, 0.25) is 5.91 Å². The van der Waals surface area contributed by atoms with Gasteiger partial charge in [0, 0.05) is 47.9 Å². The van der Waals surface area contributed by atoms with Crippen LogP contribution < -0.4 is 5.32 Å². The number of H-pyrrole nitrogens is 1. The molecule has 4 aromatic carbocycles. The van der Waals surface area contributed by atoms with Gasteiger partial charge in [0.15, 0.2) is 0 Å². The van der Waals surface area contributed by atoms with Crippen LogP contribution in [0, 0.1) is 0 Å². The van der Waals surface area contributed by atoms with Crippen LogP contribution in [0.5, 0.6) is 0 Å². The molecule has 0 spiro atoms. The highest BCUT2D eigenvalue weighted by Crippen LogP contribution is 2.38. The average Bonchev–Trinajstić information content (AvgIpc) is 4.12. The van der Waals surface area contributed by atoms with Gasteiger partial charge in [0.25, 0.3) is 5.91 Å². The molecule has 13 heteroatoms. The van der Waals surface area contributed by atoms with E-state index in [1.807, 2.05) is 66.6 Å². The minimum Gasteiger partial charge on any atom is -0.453 e. The maximum Gasteiger partial charge on any atom is 0.407 e. The molecule has 4 heterocycles. The van der Waals surface area contributed by atoms with Crippen LogP contribution in [0.3, 0.4) is 0 Å². The summed E-state index contributed by atoms with van der Waals surface area (Å²) in [7, 11) is 0.0620. The number of carbonyl (C=O) groups is 3. The number of amides is 3. The van der Waals surface area contributed by atoms with Crippen molar-refractivity contribution in [1.82, 2.24) is 25.1 Å². The summed E-state index contributed by atoms with van der Waals surface area (Å²) in [4.78, 5) is 56.8. The summed E-state index contributed by atoms with van der Waals surface area (Å²) in [5, 5.41) is 2.79. The number of hydrogen-bond acceptors (Lipinski definition) is 7. The van der Waals surface area contributed by atoms with E-state index < -0.39 is 29.0 Å². The van der Waals surface area contributed by atoms with Crippen molar-refractivity contribution in [3.63, 3.8) is 0 Å². The summed E-state index contributed by atoms with van der Waals surface area (Å²) < 4.78 is 17.6. The van der Waals surface area contributed by atoms with E-state index in [0.29, 0.717) is 23.6 Å². The molecule has 3 aliphatic rings. The second-order valence-electron chi connectivity index (χ2n) is 15.6. The van der Waals surface area contributed by atoms with Gasteiger partial charge in [0.1, 0.15) is 17.0 Å². The van der Waals surface area contributed by atoms with E-state index in [4.69, 9.17) is 26.3 Å². The molecular weight excluding hydrogens is 796 g/mol. The largest absolute Gasteiger partial charge is 0.453 e. The highest BCUT2D eigenvalue weighted by Gasteiger charge is 2.44. The van der Waals surface area contributed by atoms with Gasteiger partial charge in [-0.1, -0.05) is 121 Å². The first-order valence-corrected chi connectivity index (χ1v) is 22.2. The van der Waals surface area contributed by atoms with E-state index >= 15 is 0 Å². The van der Waals surface area contributed by atoms with Crippen molar-refractivity contribution >= 4 is 51.6 Å². The van der Waals surface area contributed by atoms with Crippen LogP contribution in [0.25, 0.3) is 28.0 Å². The lowest BCUT2D eigenvalue weighted by atomic mass is 9.96. The summed E-state index contributed by atoms with van der Waals surface area (Å²) in [6.45, 7) is 2.95. The Morgan fingerprint density at radius 3 is 2.08 bits per heavy atom. The van der Waals surface area contributed by atoms with E-state index in [1.54, 1.807) is 35.4 Å². The van der Waals surface area contributed by atoms with Gasteiger partial charge in [-0.3, -0.25) is 13.8 Å². The van der Waals surface area contributed by atoms with Crippen molar-refractivity contribution in [1.29, 1.82) is 0 Å². The molecule has 2 saturated heterocycles. The zero-order valence-electron chi connectivity index (χ0n) is 33.7. The van der Waals surface area contributed by atoms with E-state index in [1.165, 1.54) is 7.11 Å². The molecule has 2 N–H and O–H groups in total. The number of nitrogens with zero attached hydrogens (tertiary/aromatic N) is 4. The van der Waals surface area contributed by atoms with Crippen molar-refractivity contribution in [2.75, 3.05) is 26.5 Å². The smallest absolute Gasteiger partial charge is 0.407 e. The van der Waals surface area contributed by atoms with Crippen molar-refractivity contribution < 1.29 is 23.3 Å². The molecule has 0 bridgehead atoms. The van der Waals surface area contributed by atoms with E-state index in [-0.39, 0.29) is 35.6 Å². The number of carbonyl (C=O) groups excluding carboxylic acids is 3. The molecule has 8 rings (SSSR count). The molecule has 60 heavy (non-hydrogen) atoms. The number of hydrogen-bond donors (Lipinski definition) is 2. The van der Waals surface area contributed by atoms with Gasteiger partial charge in [-0.05, 0) is 59.6 Å². The predicted molar refractivity (Wildman–Crippen MR) is 236 cm³/mol. The monoisotopic (exact) mass is 842 g/mol. The summed E-state index contributed by atoms with van der Waals surface area (Å²) in [5.74, 6) is 0.376. The molecule has 3 amide bonds. The normalized spacial score (nSPS) is 20.5. The number of alkyl carbamates (subject to hydrolysis) is 1. The van der Waals surface area contributed by atoms with Crippen LogP contribution in [0.4, 0.5) is 4.79 Å². The Morgan fingerprint density at radius 2 is 1.45 bits per heavy atom. The van der Waals surface area contributed by atoms with Crippen molar-refractivity contribution in [3.8, 4) is 22.4 Å². The van der Waals surface area contributed by atoms with Gasteiger partial charge in [0.05, 0.1) is 42.3 Å². The molecule has 0 radical (unpaired) electrons. The number of imidazole rings is 1. The third-order valence-corrected chi connectivity index (χ3v) is 13.5. The number of benzene rings is 4. The Morgan fingerprint density at radius 1 is 0.833 bits per heavy atom. The number of allylic oxidation sites excluding steroid dienone is 1. The molecule has 2 fully saturated rings. The predicted octanol–water partition coefficient (Wildman–Crippen LogP) is 8.41. The lowest BCUT2D eigenvalue weighted by Gasteiger charge is -2.29. The number of likely N-dealkylation sites (tertiary alicyclic amines) is 2. The first-order chi connectivity index (χ1) is 29.1. The average molecular weight is 843 g/mol. The van der Waals surface area contributed by atoms with Crippen LogP contribution in [0.15, 0.2) is 126 Å². The zero-order valence-corrected chi connectivity index (χ0v) is 35.3. The molecule has 11 nitrogen and oxygen atoms in total. The number of rotatable bonds is 11. The molecule has 3 aliphatic heterocycles. The molecule has 0 aliphatic carbocycles. The maximum atomic E-state index is 14.2. The number of halogens is 1. The summed E-state index contributed by atoms with van der Waals surface area (Å²) in [6, 6.07) is 33.9. The van der Waals surface area contributed by atoms with Gasteiger partial charge in [-0.25, -0.2) is 14.8 Å². The Labute approximate surface area is 357 Å². The number of methoxy groups -OCH3 is 1. The Kier molecular flexibility index (Phi) is 12.1. The van der Waals surface area contributed by atoms with Gasteiger partial charge in [-0.2, -0.15) is 0 Å². The zero-order chi connectivity index (χ0) is 41.9. The van der Waals surface area contributed by atoms with E-state index in [9.17, 15) is 18.6 Å². The van der Waals surface area contributed by atoms with E-state index in [0.717, 1.165) is 70.0 Å². The minimum absolute atomic E-state index is 0.0825.